The maximum atomic E-state index is 11.0. The number of nitriles is 1. The summed E-state index contributed by atoms with van der Waals surface area (Å²) in [5.74, 6) is 1.81. The first kappa shape index (κ1) is 21.4. The standard InChI is InChI=1S/C27H37NO2/c1-3-27-15-14-19-17-21(29)10-11-22(19)25(27)20(9-7-5-4-6-8-16-28)18-26(2)23(27)12-13-24(26)30/h3,10-11,17,20,23-25,29-30H,1,4-9,12-15,18H2,2H3/t20-,23?,24-,25?,26-,27?/m0/s1. The molecule has 6 atom stereocenters. The summed E-state index contributed by atoms with van der Waals surface area (Å²) in [4.78, 5) is 0. The van der Waals surface area contributed by atoms with Crippen LogP contribution in [-0.2, 0) is 6.42 Å². The molecule has 0 radical (unpaired) electrons. The fourth-order valence-corrected chi connectivity index (χ4v) is 7.66. The Morgan fingerprint density at radius 2 is 2.03 bits per heavy atom. The van der Waals surface area contributed by atoms with E-state index in [0.29, 0.717) is 29.9 Å². The van der Waals surface area contributed by atoms with E-state index in [1.165, 1.54) is 30.4 Å². The van der Waals surface area contributed by atoms with E-state index in [1.54, 1.807) is 0 Å². The zero-order chi connectivity index (χ0) is 21.4. The van der Waals surface area contributed by atoms with E-state index >= 15 is 0 Å². The van der Waals surface area contributed by atoms with Crippen molar-refractivity contribution in [3.8, 4) is 11.8 Å². The van der Waals surface area contributed by atoms with E-state index in [0.717, 1.165) is 44.9 Å². The van der Waals surface area contributed by atoms with Crippen molar-refractivity contribution >= 4 is 0 Å². The van der Waals surface area contributed by atoms with Crippen LogP contribution in [0.25, 0.3) is 0 Å². The van der Waals surface area contributed by atoms with Crippen LogP contribution in [0.3, 0.4) is 0 Å². The third kappa shape index (κ3) is 3.38. The molecule has 3 aliphatic rings. The first-order valence-corrected chi connectivity index (χ1v) is 12.0. The molecule has 0 amide bonds. The second-order valence-electron chi connectivity index (χ2n) is 10.4. The summed E-state index contributed by atoms with van der Waals surface area (Å²) in [5, 5.41) is 29.8. The number of aromatic hydroxyl groups is 1. The summed E-state index contributed by atoms with van der Waals surface area (Å²) >= 11 is 0. The van der Waals surface area contributed by atoms with Gasteiger partial charge in [0.2, 0.25) is 0 Å². The zero-order valence-corrected chi connectivity index (χ0v) is 18.4. The lowest BCUT2D eigenvalue weighted by atomic mass is 9.44. The Hall–Kier alpha value is -1.79. The second kappa shape index (κ2) is 8.39. The first-order valence-electron chi connectivity index (χ1n) is 12.0. The van der Waals surface area contributed by atoms with Gasteiger partial charge in [-0.05, 0) is 96.8 Å². The lowest BCUT2D eigenvalue weighted by Gasteiger charge is -2.60. The fraction of sp³-hybridized carbons (Fsp3) is 0.667. The molecule has 0 heterocycles. The first-order chi connectivity index (χ1) is 14.5. The van der Waals surface area contributed by atoms with Crippen molar-refractivity contribution in [1.82, 2.24) is 0 Å². The predicted octanol–water partition coefficient (Wildman–Crippen LogP) is 6.26. The number of nitrogens with zero attached hydrogens (tertiary/aromatic N) is 1. The molecule has 3 nitrogen and oxygen atoms in total. The number of phenolic OH excluding ortho intramolecular Hbond substituents is 1. The van der Waals surface area contributed by atoms with Crippen molar-refractivity contribution in [2.45, 2.75) is 89.6 Å². The lowest BCUT2D eigenvalue weighted by molar-refractivity contribution is -0.0812. The minimum Gasteiger partial charge on any atom is -0.508 e. The number of unbranched alkanes of at least 4 members (excludes halogenated alkanes) is 4. The van der Waals surface area contributed by atoms with Gasteiger partial charge < -0.3 is 10.2 Å². The lowest BCUT2D eigenvalue weighted by Crippen LogP contribution is -2.54. The average molecular weight is 408 g/mol. The van der Waals surface area contributed by atoms with Gasteiger partial charge in [0, 0.05) is 6.42 Å². The van der Waals surface area contributed by atoms with Gasteiger partial charge in [0.15, 0.2) is 0 Å². The smallest absolute Gasteiger partial charge is 0.115 e. The van der Waals surface area contributed by atoms with Gasteiger partial charge in [-0.15, -0.1) is 6.58 Å². The largest absolute Gasteiger partial charge is 0.508 e. The number of rotatable bonds is 7. The summed E-state index contributed by atoms with van der Waals surface area (Å²) < 4.78 is 0. The highest BCUT2D eigenvalue weighted by Crippen LogP contribution is 2.69. The number of fused-ring (bicyclic) bond motifs is 5. The van der Waals surface area contributed by atoms with E-state index in [4.69, 9.17) is 5.26 Å². The van der Waals surface area contributed by atoms with Crippen molar-refractivity contribution in [2.75, 3.05) is 0 Å². The number of hydrogen-bond acceptors (Lipinski definition) is 3. The number of benzene rings is 1. The Labute approximate surface area is 181 Å². The van der Waals surface area contributed by atoms with Crippen molar-refractivity contribution in [3.63, 3.8) is 0 Å². The summed E-state index contributed by atoms with van der Waals surface area (Å²) in [5.41, 5.74) is 2.74. The molecular formula is C27H37NO2. The molecule has 0 aromatic heterocycles. The van der Waals surface area contributed by atoms with Crippen LogP contribution in [0, 0.1) is 34.0 Å². The van der Waals surface area contributed by atoms with Gasteiger partial charge in [0.25, 0.3) is 0 Å². The van der Waals surface area contributed by atoms with Crippen LogP contribution in [-0.4, -0.2) is 16.3 Å². The molecule has 2 saturated carbocycles. The van der Waals surface area contributed by atoms with E-state index in [2.05, 4.69) is 31.7 Å². The van der Waals surface area contributed by atoms with Gasteiger partial charge in [0.1, 0.15) is 5.75 Å². The molecule has 30 heavy (non-hydrogen) atoms. The predicted molar refractivity (Wildman–Crippen MR) is 120 cm³/mol. The summed E-state index contributed by atoms with van der Waals surface area (Å²) in [6.45, 7) is 6.71. The molecule has 3 unspecified atom stereocenters. The highest BCUT2D eigenvalue weighted by Gasteiger charge is 2.63. The Morgan fingerprint density at radius 3 is 2.80 bits per heavy atom. The van der Waals surface area contributed by atoms with Crippen LogP contribution in [0.15, 0.2) is 30.9 Å². The Balaban J connectivity index is 1.66. The van der Waals surface area contributed by atoms with Gasteiger partial charge in [-0.3, -0.25) is 0 Å². The van der Waals surface area contributed by atoms with Crippen LogP contribution in [0.5, 0.6) is 5.75 Å². The molecule has 1 aromatic rings. The number of aliphatic hydroxyl groups excluding tert-OH is 1. The minimum absolute atomic E-state index is 0.0232. The number of aliphatic hydroxyl groups is 1. The second-order valence-corrected chi connectivity index (χ2v) is 10.4. The molecule has 3 heteroatoms. The van der Waals surface area contributed by atoms with Crippen molar-refractivity contribution in [3.05, 3.63) is 42.0 Å². The normalized spacial score (nSPS) is 37.0. The summed E-state index contributed by atoms with van der Waals surface area (Å²) in [7, 11) is 0. The maximum Gasteiger partial charge on any atom is 0.115 e. The number of hydrogen-bond donors (Lipinski definition) is 2. The van der Waals surface area contributed by atoms with Crippen molar-refractivity contribution in [2.24, 2.45) is 22.7 Å². The summed E-state index contributed by atoms with van der Waals surface area (Å²) in [6.07, 6.45) is 13.5. The Bertz CT molecular complexity index is 827. The van der Waals surface area contributed by atoms with Crippen LogP contribution >= 0.6 is 0 Å². The highest BCUT2D eigenvalue weighted by molar-refractivity contribution is 5.43. The Morgan fingerprint density at radius 1 is 1.23 bits per heavy atom. The third-order valence-corrected chi connectivity index (χ3v) is 8.97. The van der Waals surface area contributed by atoms with Gasteiger partial charge in [-0.1, -0.05) is 38.3 Å². The SMILES string of the molecule is C=CC12CCc3cc(O)ccc3C1[C@@H](CCCCCCC#N)C[C@@]1(C)C2CC[C@@H]1O. The molecule has 0 aliphatic heterocycles. The van der Waals surface area contributed by atoms with Gasteiger partial charge in [-0.2, -0.15) is 5.26 Å². The number of phenols is 1. The molecule has 0 bridgehead atoms. The molecule has 1 aromatic carbocycles. The molecule has 0 spiro atoms. The van der Waals surface area contributed by atoms with Crippen LogP contribution in [0.1, 0.15) is 88.2 Å². The fourth-order valence-electron chi connectivity index (χ4n) is 7.66. The van der Waals surface area contributed by atoms with Gasteiger partial charge >= 0.3 is 0 Å². The Kier molecular flexibility index (Phi) is 5.99. The van der Waals surface area contributed by atoms with Crippen LogP contribution < -0.4 is 0 Å². The summed E-state index contributed by atoms with van der Waals surface area (Å²) in [6, 6.07) is 8.24. The molecular weight excluding hydrogens is 370 g/mol. The molecule has 162 valence electrons. The van der Waals surface area contributed by atoms with Gasteiger partial charge in [0.05, 0.1) is 12.2 Å². The zero-order valence-electron chi connectivity index (χ0n) is 18.4. The maximum absolute atomic E-state index is 11.0. The van der Waals surface area contributed by atoms with Crippen LogP contribution in [0.2, 0.25) is 0 Å². The topological polar surface area (TPSA) is 64.2 Å². The molecule has 2 fully saturated rings. The quantitative estimate of drug-likeness (QED) is 0.414. The highest BCUT2D eigenvalue weighted by atomic mass is 16.3. The number of allylic oxidation sites excluding steroid dienone is 1. The van der Waals surface area contributed by atoms with Crippen LogP contribution in [0.4, 0.5) is 0 Å². The van der Waals surface area contributed by atoms with Gasteiger partial charge in [-0.25, -0.2) is 0 Å². The minimum atomic E-state index is -0.209. The monoisotopic (exact) mass is 407 g/mol. The molecule has 0 saturated heterocycles. The molecule has 4 rings (SSSR count). The number of aryl methyl sites for hydroxylation is 1. The van der Waals surface area contributed by atoms with E-state index < -0.39 is 0 Å². The average Bonchev–Trinajstić information content (AvgIpc) is 3.04. The van der Waals surface area contributed by atoms with E-state index in [9.17, 15) is 10.2 Å². The molecule has 2 N–H and O–H groups in total. The molecule has 3 aliphatic carbocycles. The van der Waals surface area contributed by atoms with E-state index in [-0.39, 0.29) is 16.9 Å². The van der Waals surface area contributed by atoms with Crippen molar-refractivity contribution in [1.29, 1.82) is 5.26 Å². The van der Waals surface area contributed by atoms with E-state index in [1.807, 2.05) is 12.1 Å². The van der Waals surface area contributed by atoms with Crippen molar-refractivity contribution < 1.29 is 10.2 Å². The third-order valence-electron chi connectivity index (χ3n) is 8.97.